The molecule has 0 saturated carbocycles. The predicted molar refractivity (Wildman–Crippen MR) is 79.9 cm³/mol. The van der Waals surface area contributed by atoms with Gasteiger partial charge in [0.2, 0.25) is 0 Å². The van der Waals surface area contributed by atoms with E-state index in [-0.39, 0.29) is 0 Å². The lowest BCUT2D eigenvalue weighted by Gasteiger charge is -2.40. The Morgan fingerprint density at radius 2 is 2.00 bits per heavy atom. The molecule has 1 aliphatic rings. The molecule has 17 heavy (non-hydrogen) atoms. The minimum Gasteiger partial charge on any atom is -0.319 e. The van der Waals surface area contributed by atoms with Gasteiger partial charge in [-0.05, 0) is 31.7 Å². The number of hydrogen-bond acceptors (Lipinski definition) is 3. The average Bonchev–Trinajstić information content (AvgIpc) is 2.38. The van der Waals surface area contributed by atoms with Crippen LogP contribution < -0.4 is 5.32 Å². The summed E-state index contributed by atoms with van der Waals surface area (Å²) in [6.45, 7) is 12.0. The SMILES string of the molecule is CCC1CN(CC(CC)(CC)CNC)CCS1. The Bertz CT molecular complexity index is 204. The Labute approximate surface area is 112 Å². The van der Waals surface area contributed by atoms with E-state index in [0.717, 1.165) is 11.8 Å². The largest absolute Gasteiger partial charge is 0.319 e. The second kappa shape index (κ2) is 7.65. The van der Waals surface area contributed by atoms with Crippen molar-refractivity contribution in [1.82, 2.24) is 10.2 Å². The molecule has 0 spiro atoms. The first-order chi connectivity index (χ1) is 8.19. The zero-order chi connectivity index (χ0) is 12.7. The van der Waals surface area contributed by atoms with Gasteiger partial charge in [-0.2, -0.15) is 11.8 Å². The fraction of sp³-hybridized carbons (Fsp3) is 1.00. The van der Waals surface area contributed by atoms with Crippen molar-refractivity contribution in [2.75, 3.05) is 39.0 Å². The molecule has 102 valence electrons. The van der Waals surface area contributed by atoms with Crippen LogP contribution in [0, 0.1) is 5.41 Å². The van der Waals surface area contributed by atoms with Gasteiger partial charge in [-0.3, -0.25) is 0 Å². The highest BCUT2D eigenvalue weighted by Crippen LogP contribution is 2.29. The molecular formula is C14H30N2S. The van der Waals surface area contributed by atoms with E-state index in [4.69, 9.17) is 0 Å². The highest BCUT2D eigenvalue weighted by atomic mass is 32.2. The Kier molecular flexibility index (Phi) is 6.90. The molecule has 2 nitrogen and oxygen atoms in total. The summed E-state index contributed by atoms with van der Waals surface area (Å²) in [6, 6.07) is 0. The van der Waals surface area contributed by atoms with Crippen LogP contribution >= 0.6 is 11.8 Å². The third kappa shape index (κ3) is 4.46. The first-order valence-electron chi connectivity index (χ1n) is 7.18. The monoisotopic (exact) mass is 258 g/mol. The molecule has 1 aliphatic heterocycles. The van der Waals surface area contributed by atoms with E-state index in [1.54, 1.807) is 0 Å². The molecule has 0 bridgehead atoms. The highest BCUT2D eigenvalue weighted by Gasteiger charge is 2.30. The molecule has 1 N–H and O–H groups in total. The summed E-state index contributed by atoms with van der Waals surface area (Å²) < 4.78 is 0. The normalized spacial score (nSPS) is 22.9. The molecule has 0 aliphatic carbocycles. The van der Waals surface area contributed by atoms with Crippen molar-refractivity contribution in [3.63, 3.8) is 0 Å². The summed E-state index contributed by atoms with van der Waals surface area (Å²) in [6.07, 6.45) is 3.88. The predicted octanol–water partition coefficient (Wildman–Crippen LogP) is 2.84. The topological polar surface area (TPSA) is 15.3 Å². The maximum Gasteiger partial charge on any atom is 0.0172 e. The van der Waals surface area contributed by atoms with Crippen LogP contribution in [0.25, 0.3) is 0 Å². The van der Waals surface area contributed by atoms with Crippen molar-refractivity contribution < 1.29 is 0 Å². The fourth-order valence-corrected chi connectivity index (χ4v) is 4.05. The Morgan fingerprint density at radius 1 is 1.29 bits per heavy atom. The molecule has 0 aromatic rings. The van der Waals surface area contributed by atoms with Crippen molar-refractivity contribution in [3.05, 3.63) is 0 Å². The average molecular weight is 258 g/mol. The first kappa shape index (κ1) is 15.3. The van der Waals surface area contributed by atoms with E-state index in [9.17, 15) is 0 Å². The van der Waals surface area contributed by atoms with Gasteiger partial charge in [0.1, 0.15) is 0 Å². The second-order valence-electron chi connectivity index (χ2n) is 5.37. The van der Waals surface area contributed by atoms with Gasteiger partial charge in [0.25, 0.3) is 0 Å². The Morgan fingerprint density at radius 3 is 2.53 bits per heavy atom. The van der Waals surface area contributed by atoms with Crippen LogP contribution in [0.1, 0.15) is 40.0 Å². The molecule has 1 saturated heterocycles. The first-order valence-corrected chi connectivity index (χ1v) is 8.23. The van der Waals surface area contributed by atoms with Crippen LogP contribution in [-0.4, -0.2) is 49.1 Å². The number of nitrogens with zero attached hydrogens (tertiary/aromatic N) is 1. The quantitative estimate of drug-likeness (QED) is 0.756. The number of rotatable bonds is 7. The van der Waals surface area contributed by atoms with Gasteiger partial charge >= 0.3 is 0 Å². The van der Waals surface area contributed by atoms with Crippen molar-refractivity contribution in [2.45, 2.75) is 45.3 Å². The van der Waals surface area contributed by atoms with E-state index in [2.05, 4.69) is 49.8 Å². The maximum absolute atomic E-state index is 3.39. The molecular weight excluding hydrogens is 228 g/mol. The molecule has 3 heteroatoms. The molecule has 0 aromatic carbocycles. The Balaban J connectivity index is 2.53. The van der Waals surface area contributed by atoms with Gasteiger partial charge in [0.15, 0.2) is 0 Å². The summed E-state index contributed by atoms with van der Waals surface area (Å²) >= 11 is 2.16. The molecule has 1 fully saturated rings. The van der Waals surface area contributed by atoms with Crippen LogP contribution in [0.3, 0.4) is 0 Å². The smallest absolute Gasteiger partial charge is 0.0172 e. The molecule has 1 atom stereocenters. The van der Waals surface area contributed by atoms with Gasteiger partial charge in [0, 0.05) is 37.2 Å². The lowest BCUT2D eigenvalue weighted by Crippen LogP contribution is -2.47. The molecule has 0 amide bonds. The third-order valence-electron chi connectivity index (χ3n) is 4.29. The summed E-state index contributed by atoms with van der Waals surface area (Å²) in [4.78, 5) is 2.70. The van der Waals surface area contributed by atoms with E-state index in [1.165, 1.54) is 44.6 Å². The second-order valence-corrected chi connectivity index (χ2v) is 6.78. The highest BCUT2D eigenvalue weighted by molar-refractivity contribution is 8.00. The van der Waals surface area contributed by atoms with Gasteiger partial charge in [-0.1, -0.05) is 20.8 Å². The summed E-state index contributed by atoms with van der Waals surface area (Å²) in [5.41, 5.74) is 0.481. The number of hydrogen-bond donors (Lipinski definition) is 1. The minimum atomic E-state index is 0.481. The van der Waals surface area contributed by atoms with E-state index < -0.39 is 0 Å². The fourth-order valence-electron chi connectivity index (χ4n) is 2.80. The summed E-state index contributed by atoms with van der Waals surface area (Å²) in [5.74, 6) is 1.32. The standard InChI is InChI=1S/C14H30N2S/c1-5-13-10-16(8-9-17-13)12-14(6-2,7-3)11-15-4/h13,15H,5-12H2,1-4H3. The summed E-state index contributed by atoms with van der Waals surface area (Å²) in [7, 11) is 2.08. The van der Waals surface area contributed by atoms with Gasteiger partial charge in [-0.15, -0.1) is 0 Å². The molecule has 0 radical (unpaired) electrons. The van der Waals surface area contributed by atoms with Crippen LogP contribution in [0.4, 0.5) is 0 Å². The van der Waals surface area contributed by atoms with Crippen molar-refractivity contribution in [2.24, 2.45) is 5.41 Å². The Hall–Kier alpha value is 0.270. The van der Waals surface area contributed by atoms with E-state index in [1.807, 2.05) is 0 Å². The van der Waals surface area contributed by atoms with Crippen LogP contribution in [-0.2, 0) is 0 Å². The number of nitrogens with one attached hydrogen (secondary N) is 1. The maximum atomic E-state index is 3.39. The summed E-state index contributed by atoms with van der Waals surface area (Å²) in [5, 5.41) is 4.26. The van der Waals surface area contributed by atoms with E-state index >= 15 is 0 Å². The van der Waals surface area contributed by atoms with Crippen LogP contribution in [0.5, 0.6) is 0 Å². The van der Waals surface area contributed by atoms with Crippen LogP contribution in [0.2, 0.25) is 0 Å². The molecule has 0 aromatic heterocycles. The van der Waals surface area contributed by atoms with Crippen molar-refractivity contribution >= 4 is 11.8 Å². The van der Waals surface area contributed by atoms with E-state index in [0.29, 0.717) is 5.41 Å². The van der Waals surface area contributed by atoms with Crippen molar-refractivity contribution in [3.8, 4) is 0 Å². The zero-order valence-electron chi connectivity index (χ0n) is 12.1. The zero-order valence-corrected chi connectivity index (χ0v) is 12.9. The third-order valence-corrected chi connectivity index (χ3v) is 5.66. The van der Waals surface area contributed by atoms with Gasteiger partial charge in [0.05, 0.1) is 0 Å². The van der Waals surface area contributed by atoms with Crippen LogP contribution in [0.15, 0.2) is 0 Å². The lowest BCUT2D eigenvalue weighted by molar-refractivity contribution is 0.139. The minimum absolute atomic E-state index is 0.481. The molecule has 1 heterocycles. The van der Waals surface area contributed by atoms with Gasteiger partial charge < -0.3 is 10.2 Å². The molecule has 1 unspecified atom stereocenters. The number of thioether (sulfide) groups is 1. The van der Waals surface area contributed by atoms with Crippen molar-refractivity contribution in [1.29, 1.82) is 0 Å². The molecule has 1 rings (SSSR count). The lowest BCUT2D eigenvalue weighted by atomic mass is 9.81. The van der Waals surface area contributed by atoms with Gasteiger partial charge in [-0.25, -0.2) is 0 Å².